The van der Waals surface area contributed by atoms with Crippen LogP contribution in [0.1, 0.15) is 43.6 Å². The summed E-state index contributed by atoms with van der Waals surface area (Å²) >= 11 is 6.25. The highest BCUT2D eigenvalue weighted by Crippen LogP contribution is 2.41. The number of rotatable bonds is 8. The first kappa shape index (κ1) is 24.5. The molecule has 1 aromatic heterocycles. The minimum absolute atomic E-state index is 0.0736. The van der Waals surface area contributed by atoms with Crippen LogP contribution in [0, 0.1) is 5.92 Å². The molecule has 0 bridgehead atoms. The Labute approximate surface area is 193 Å². The van der Waals surface area contributed by atoms with Crippen molar-refractivity contribution in [3.8, 4) is 0 Å². The molecule has 11 heteroatoms. The number of pyridine rings is 1. The molecule has 3 rings (SSSR count). The van der Waals surface area contributed by atoms with Crippen molar-refractivity contribution >= 4 is 48.9 Å². The van der Waals surface area contributed by atoms with Gasteiger partial charge in [0.05, 0.1) is 28.1 Å². The summed E-state index contributed by atoms with van der Waals surface area (Å²) in [6, 6.07) is 7.93. The number of carbonyl (C=O) groups is 1. The molecule has 1 saturated carbocycles. The summed E-state index contributed by atoms with van der Waals surface area (Å²) in [5.41, 5.74) is 1.14. The van der Waals surface area contributed by atoms with Crippen LogP contribution in [0.25, 0.3) is 0 Å². The van der Waals surface area contributed by atoms with E-state index in [2.05, 4.69) is 15.0 Å². The normalized spacial score (nSPS) is 16.0. The second-order valence-electron chi connectivity index (χ2n) is 8.17. The summed E-state index contributed by atoms with van der Waals surface area (Å²) in [7, 11) is -6.85. The number of nitrogens with zero attached hydrogens (tertiary/aromatic N) is 1. The average molecular weight is 500 g/mol. The Morgan fingerprint density at radius 3 is 2.34 bits per heavy atom. The number of nitrogens with one attached hydrogen (secondary N) is 2. The van der Waals surface area contributed by atoms with Gasteiger partial charge in [-0.15, -0.1) is 0 Å². The van der Waals surface area contributed by atoms with Gasteiger partial charge in [0.1, 0.15) is 5.82 Å². The molecule has 0 radical (unpaired) electrons. The quantitative estimate of drug-likeness (QED) is 0.569. The van der Waals surface area contributed by atoms with Gasteiger partial charge in [-0.3, -0.25) is 9.52 Å². The first-order valence-electron chi connectivity index (χ1n) is 10.2. The molecule has 0 saturated heterocycles. The molecule has 1 atom stereocenters. The van der Waals surface area contributed by atoms with E-state index in [1.807, 2.05) is 0 Å². The number of aromatic nitrogens is 1. The molecule has 0 aliphatic heterocycles. The third-order valence-electron chi connectivity index (χ3n) is 5.49. The summed E-state index contributed by atoms with van der Waals surface area (Å²) in [5.74, 6) is 0.274. The highest BCUT2D eigenvalue weighted by atomic mass is 35.5. The van der Waals surface area contributed by atoms with Crippen molar-refractivity contribution in [2.75, 3.05) is 22.6 Å². The van der Waals surface area contributed by atoms with E-state index in [0.29, 0.717) is 17.4 Å². The topological polar surface area (TPSA) is 122 Å². The van der Waals surface area contributed by atoms with Crippen molar-refractivity contribution in [1.82, 2.24) is 4.98 Å². The number of amides is 1. The number of hydrogen-bond acceptors (Lipinski definition) is 6. The fourth-order valence-corrected chi connectivity index (χ4v) is 5.99. The van der Waals surface area contributed by atoms with Gasteiger partial charge in [-0.05, 0) is 54.5 Å². The van der Waals surface area contributed by atoms with Crippen LogP contribution in [0.3, 0.4) is 0 Å². The number of carbonyl (C=O) groups excluding carboxylic acids is 1. The van der Waals surface area contributed by atoms with E-state index in [0.717, 1.165) is 43.8 Å². The zero-order chi connectivity index (χ0) is 23.5. The first-order valence-corrected chi connectivity index (χ1v) is 14.3. The van der Waals surface area contributed by atoms with Gasteiger partial charge in [0, 0.05) is 12.7 Å². The van der Waals surface area contributed by atoms with Crippen molar-refractivity contribution in [3.05, 3.63) is 47.1 Å². The Hall–Kier alpha value is -2.17. The summed E-state index contributed by atoms with van der Waals surface area (Å²) < 4.78 is 48.7. The minimum Gasteiger partial charge on any atom is -0.311 e. The maximum absolute atomic E-state index is 12.8. The predicted octanol–water partition coefficient (Wildman–Crippen LogP) is 3.81. The number of halogens is 1. The van der Waals surface area contributed by atoms with Crippen LogP contribution in [0.15, 0.2) is 41.4 Å². The summed E-state index contributed by atoms with van der Waals surface area (Å²) in [5, 5.41) is 2.91. The summed E-state index contributed by atoms with van der Waals surface area (Å²) in [6.07, 6.45) is 7.85. The number of sulfone groups is 1. The lowest BCUT2D eigenvalue weighted by molar-refractivity contribution is -0.116. The van der Waals surface area contributed by atoms with Gasteiger partial charge >= 0.3 is 0 Å². The largest absolute Gasteiger partial charge is 0.311 e. The zero-order valence-corrected chi connectivity index (χ0v) is 20.2. The van der Waals surface area contributed by atoms with Crippen LogP contribution >= 0.6 is 11.6 Å². The lowest BCUT2D eigenvalue weighted by Crippen LogP contribution is -2.20. The second kappa shape index (κ2) is 9.76. The standard InChI is InChI=1S/C21H26ClN3O5S2/c1-31(27,28)19-9-7-15(11-18(19)22)17(14-5-3-4-6-14)12-21(26)24-20-10-8-16(13-23-20)25-32(2,29)30/h7-11,13-14,17,25H,3-6,12H2,1-2H3,(H,23,24,26)/t17-/m1/s1. The predicted molar refractivity (Wildman–Crippen MR) is 125 cm³/mol. The monoisotopic (exact) mass is 499 g/mol. The molecule has 1 aliphatic rings. The molecular formula is C21H26ClN3O5S2. The van der Waals surface area contributed by atoms with Crippen LogP contribution < -0.4 is 10.0 Å². The fourth-order valence-electron chi connectivity index (χ4n) is 4.10. The molecule has 2 aromatic rings. The van der Waals surface area contributed by atoms with Crippen molar-refractivity contribution < 1.29 is 21.6 Å². The first-order chi connectivity index (χ1) is 14.9. The minimum atomic E-state index is -3.44. The van der Waals surface area contributed by atoms with Gasteiger partial charge in [0.15, 0.2) is 9.84 Å². The maximum Gasteiger partial charge on any atom is 0.229 e. The molecule has 0 unspecified atom stereocenters. The number of hydrogen-bond donors (Lipinski definition) is 2. The zero-order valence-electron chi connectivity index (χ0n) is 17.8. The van der Waals surface area contributed by atoms with Crippen molar-refractivity contribution in [3.63, 3.8) is 0 Å². The van der Waals surface area contributed by atoms with Crippen LogP contribution in [0.5, 0.6) is 0 Å². The number of sulfonamides is 1. The Morgan fingerprint density at radius 1 is 1.12 bits per heavy atom. The van der Waals surface area contributed by atoms with E-state index in [9.17, 15) is 21.6 Å². The van der Waals surface area contributed by atoms with Gasteiger partial charge in [0.25, 0.3) is 0 Å². The van der Waals surface area contributed by atoms with Crippen LogP contribution in [-0.2, 0) is 24.7 Å². The van der Waals surface area contributed by atoms with E-state index >= 15 is 0 Å². The number of anilines is 2. The lowest BCUT2D eigenvalue weighted by atomic mass is 9.82. The van der Waals surface area contributed by atoms with E-state index in [1.54, 1.807) is 12.1 Å². The molecule has 1 heterocycles. The molecule has 1 amide bonds. The van der Waals surface area contributed by atoms with Crippen molar-refractivity contribution in [2.24, 2.45) is 5.92 Å². The Bertz CT molecular complexity index is 1190. The van der Waals surface area contributed by atoms with Crippen molar-refractivity contribution in [2.45, 2.75) is 42.9 Å². The average Bonchev–Trinajstić information content (AvgIpc) is 3.20. The van der Waals surface area contributed by atoms with Gasteiger partial charge in [0.2, 0.25) is 15.9 Å². The molecule has 174 valence electrons. The van der Waals surface area contributed by atoms with E-state index in [4.69, 9.17) is 11.6 Å². The highest BCUT2D eigenvalue weighted by molar-refractivity contribution is 7.92. The van der Waals surface area contributed by atoms with Gasteiger partial charge in [-0.25, -0.2) is 21.8 Å². The van der Waals surface area contributed by atoms with Crippen LogP contribution in [-0.4, -0.2) is 40.2 Å². The Kier molecular flexibility index (Phi) is 7.46. The highest BCUT2D eigenvalue weighted by Gasteiger charge is 2.29. The van der Waals surface area contributed by atoms with E-state index < -0.39 is 19.9 Å². The fraction of sp³-hybridized carbons (Fsp3) is 0.429. The van der Waals surface area contributed by atoms with Gasteiger partial charge in [-0.1, -0.05) is 30.5 Å². The summed E-state index contributed by atoms with van der Waals surface area (Å²) in [4.78, 5) is 16.9. The molecule has 1 fully saturated rings. The molecule has 1 aromatic carbocycles. The van der Waals surface area contributed by atoms with Gasteiger partial charge < -0.3 is 5.32 Å². The SMILES string of the molecule is CS(=O)(=O)Nc1ccc(NC(=O)C[C@@H](c2ccc(S(C)(=O)=O)c(Cl)c2)C2CCCC2)nc1. The van der Waals surface area contributed by atoms with Crippen LogP contribution in [0.2, 0.25) is 5.02 Å². The third kappa shape index (κ3) is 6.66. The molecule has 2 N–H and O–H groups in total. The smallest absolute Gasteiger partial charge is 0.229 e. The second-order valence-corrected chi connectivity index (χ2v) is 12.3. The lowest BCUT2D eigenvalue weighted by Gasteiger charge is -2.24. The van der Waals surface area contributed by atoms with Crippen LogP contribution in [0.4, 0.5) is 11.5 Å². The van der Waals surface area contributed by atoms with E-state index in [1.165, 1.54) is 24.4 Å². The molecule has 0 spiro atoms. The molecule has 8 nitrogen and oxygen atoms in total. The number of benzene rings is 1. The third-order valence-corrected chi connectivity index (χ3v) is 7.68. The molecule has 32 heavy (non-hydrogen) atoms. The molecule has 1 aliphatic carbocycles. The Morgan fingerprint density at radius 2 is 1.81 bits per heavy atom. The maximum atomic E-state index is 12.8. The summed E-state index contributed by atoms with van der Waals surface area (Å²) in [6.45, 7) is 0. The van der Waals surface area contributed by atoms with Crippen molar-refractivity contribution in [1.29, 1.82) is 0 Å². The van der Waals surface area contributed by atoms with Gasteiger partial charge in [-0.2, -0.15) is 0 Å². The Balaban J connectivity index is 1.76. The molecular weight excluding hydrogens is 474 g/mol. The van der Waals surface area contributed by atoms with E-state index in [-0.39, 0.29) is 28.2 Å².